The van der Waals surface area contributed by atoms with Crippen molar-refractivity contribution < 1.29 is 33.7 Å². The molecule has 0 saturated carbocycles. The van der Waals surface area contributed by atoms with Gasteiger partial charge in [0.1, 0.15) is 5.36 Å². The number of amides is 1. The van der Waals surface area contributed by atoms with Crippen molar-refractivity contribution in [1.29, 1.82) is 0 Å². The number of nitrogens with one attached hydrogen (secondary N) is 1. The first kappa shape index (κ1) is 22.0. The Bertz CT molecular complexity index is 1240. The standard InChI is InChI=1S/C21H16ClFN2O6/c1-2-31-20(30)24-13-5-3-4-11(8-13)21(19(28)29)15(6-7-17(26)27)14-9-12(22)10-16(23)18(14)25-21/h3-10H,2H2,1H3,(H,24,30)(H,26,27)(H,28,29). The van der Waals surface area contributed by atoms with E-state index in [9.17, 15) is 23.9 Å². The van der Waals surface area contributed by atoms with Crippen LogP contribution in [0.1, 0.15) is 12.5 Å². The minimum atomic E-state index is -2.17. The SMILES string of the molecule is CCOC(=O)Nc1cccc(C2(C(=O)O)N=c3c(F)cc(Cl)cc3=C2C=CC(=O)O)c1. The van der Waals surface area contributed by atoms with Crippen molar-refractivity contribution in [3.63, 3.8) is 0 Å². The Morgan fingerprint density at radius 2 is 2.00 bits per heavy atom. The van der Waals surface area contributed by atoms with Gasteiger partial charge in [0.05, 0.1) is 6.61 Å². The third-order valence-electron chi connectivity index (χ3n) is 4.49. The summed E-state index contributed by atoms with van der Waals surface area (Å²) in [5.41, 5.74) is -1.99. The zero-order valence-corrected chi connectivity index (χ0v) is 16.8. The van der Waals surface area contributed by atoms with E-state index in [2.05, 4.69) is 10.3 Å². The second-order valence-corrected chi connectivity index (χ2v) is 6.86. The maximum atomic E-state index is 14.6. The molecule has 160 valence electrons. The van der Waals surface area contributed by atoms with E-state index in [4.69, 9.17) is 21.4 Å². The summed E-state index contributed by atoms with van der Waals surface area (Å²) in [6, 6.07) is 8.04. The Hall–Kier alpha value is -3.72. The number of anilines is 1. The van der Waals surface area contributed by atoms with Gasteiger partial charge in [-0.05, 0) is 42.8 Å². The highest BCUT2D eigenvalue weighted by molar-refractivity contribution is 6.30. The molecule has 0 aliphatic carbocycles. The maximum Gasteiger partial charge on any atom is 0.411 e. The summed E-state index contributed by atoms with van der Waals surface area (Å²) < 4.78 is 19.4. The van der Waals surface area contributed by atoms with Gasteiger partial charge in [-0.25, -0.2) is 18.8 Å². The topological polar surface area (TPSA) is 125 Å². The number of ether oxygens (including phenoxy) is 1. The first-order valence-corrected chi connectivity index (χ1v) is 9.35. The average molecular weight is 447 g/mol. The van der Waals surface area contributed by atoms with Gasteiger partial charge in [-0.2, -0.15) is 0 Å². The van der Waals surface area contributed by atoms with Crippen molar-refractivity contribution in [2.45, 2.75) is 12.5 Å². The van der Waals surface area contributed by atoms with E-state index in [1.54, 1.807) is 6.92 Å². The van der Waals surface area contributed by atoms with Crippen LogP contribution in [-0.4, -0.2) is 34.9 Å². The van der Waals surface area contributed by atoms with Crippen LogP contribution in [0.2, 0.25) is 5.02 Å². The molecule has 0 fully saturated rings. The molecule has 1 atom stereocenters. The largest absolute Gasteiger partial charge is 0.479 e. The summed E-state index contributed by atoms with van der Waals surface area (Å²) in [4.78, 5) is 39.5. The van der Waals surface area contributed by atoms with Gasteiger partial charge >= 0.3 is 18.0 Å². The molecule has 3 rings (SSSR count). The Labute approximate surface area is 179 Å². The van der Waals surface area contributed by atoms with Gasteiger partial charge < -0.3 is 14.9 Å². The lowest BCUT2D eigenvalue weighted by Crippen LogP contribution is -2.34. The molecule has 1 aliphatic rings. The molecule has 3 N–H and O–H groups in total. The number of nitrogens with zero attached hydrogens (tertiary/aromatic N) is 1. The Kier molecular flexibility index (Phi) is 6.07. The van der Waals surface area contributed by atoms with Gasteiger partial charge in [-0.15, -0.1) is 0 Å². The minimum Gasteiger partial charge on any atom is -0.479 e. The highest BCUT2D eigenvalue weighted by Crippen LogP contribution is 2.38. The Balaban J connectivity index is 2.30. The van der Waals surface area contributed by atoms with E-state index in [0.717, 1.165) is 18.2 Å². The van der Waals surface area contributed by atoms with E-state index >= 15 is 0 Å². The van der Waals surface area contributed by atoms with E-state index < -0.39 is 29.4 Å². The number of aliphatic carboxylic acids is 2. The molecular weight excluding hydrogens is 431 g/mol. The van der Waals surface area contributed by atoms with Crippen LogP contribution in [0.3, 0.4) is 0 Å². The first-order chi connectivity index (χ1) is 14.7. The molecule has 0 aromatic heterocycles. The molecule has 1 heterocycles. The third-order valence-corrected chi connectivity index (χ3v) is 4.71. The smallest absolute Gasteiger partial charge is 0.411 e. The highest BCUT2D eigenvalue weighted by atomic mass is 35.5. The van der Waals surface area contributed by atoms with Gasteiger partial charge in [-0.3, -0.25) is 10.3 Å². The fourth-order valence-electron chi connectivity index (χ4n) is 3.29. The molecule has 0 saturated heterocycles. The van der Waals surface area contributed by atoms with Crippen molar-refractivity contribution in [2.24, 2.45) is 4.99 Å². The number of fused-ring (bicyclic) bond motifs is 1. The average Bonchev–Trinajstić information content (AvgIpc) is 3.02. The van der Waals surface area contributed by atoms with Crippen molar-refractivity contribution >= 4 is 40.9 Å². The third kappa shape index (κ3) is 4.13. The van der Waals surface area contributed by atoms with Crippen LogP contribution in [0, 0.1) is 5.82 Å². The van der Waals surface area contributed by atoms with Crippen molar-refractivity contribution in [2.75, 3.05) is 11.9 Å². The fraction of sp³-hybridized carbons (Fsp3) is 0.143. The van der Waals surface area contributed by atoms with E-state index in [-0.39, 0.29) is 39.0 Å². The maximum absolute atomic E-state index is 14.6. The molecule has 10 heteroatoms. The highest BCUT2D eigenvalue weighted by Gasteiger charge is 2.46. The second kappa shape index (κ2) is 8.57. The number of carboxylic acid groups (broad SMARTS) is 2. The number of hydrogen-bond donors (Lipinski definition) is 3. The summed E-state index contributed by atoms with van der Waals surface area (Å²) in [6.07, 6.45) is 1.04. The molecule has 2 aromatic rings. The molecule has 1 amide bonds. The zero-order chi connectivity index (χ0) is 22.8. The molecule has 2 aromatic carbocycles. The summed E-state index contributed by atoms with van der Waals surface area (Å²) in [7, 11) is 0. The number of rotatable bonds is 6. The fourth-order valence-corrected chi connectivity index (χ4v) is 3.49. The van der Waals surface area contributed by atoms with Crippen LogP contribution in [-0.2, 0) is 19.9 Å². The lowest BCUT2D eigenvalue weighted by molar-refractivity contribution is -0.141. The summed E-state index contributed by atoms with van der Waals surface area (Å²) in [6.45, 7) is 1.76. The molecule has 0 radical (unpaired) electrons. The van der Waals surface area contributed by atoms with E-state index in [1.807, 2.05) is 0 Å². The van der Waals surface area contributed by atoms with Gasteiger partial charge in [0.2, 0.25) is 5.54 Å². The van der Waals surface area contributed by atoms with Crippen LogP contribution in [0.25, 0.3) is 5.57 Å². The quantitative estimate of drug-likeness (QED) is 0.585. The van der Waals surface area contributed by atoms with Crippen LogP contribution < -0.4 is 15.9 Å². The predicted octanol–water partition coefficient (Wildman–Crippen LogP) is 2.45. The van der Waals surface area contributed by atoms with Gasteiger partial charge in [0.25, 0.3) is 0 Å². The molecule has 31 heavy (non-hydrogen) atoms. The number of hydrogen-bond acceptors (Lipinski definition) is 5. The summed E-state index contributed by atoms with van der Waals surface area (Å²) >= 11 is 5.94. The molecule has 1 unspecified atom stereocenters. The lowest BCUT2D eigenvalue weighted by Gasteiger charge is -2.25. The predicted molar refractivity (Wildman–Crippen MR) is 109 cm³/mol. The van der Waals surface area contributed by atoms with E-state index in [0.29, 0.717) is 0 Å². The summed E-state index contributed by atoms with van der Waals surface area (Å²) in [5.74, 6) is -3.66. The van der Waals surface area contributed by atoms with Gasteiger partial charge in [0.15, 0.2) is 5.82 Å². The number of carbonyl (C=O) groups is 3. The number of carbonyl (C=O) groups excluding carboxylic acids is 1. The molecular formula is C21H16ClFN2O6. The van der Waals surface area contributed by atoms with Crippen molar-refractivity contribution in [3.05, 3.63) is 75.5 Å². The number of benzene rings is 2. The molecule has 0 spiro atoms. The van der Waals surface area contributed by atoms with Crippen LogP contribution in [0.15, 0.2) is 53.5 Å². The van der Waals surface area contributed by atoms with Crippen LogP contribution in [0.4, 0.5) is 14.9 Å². The van der Waals surface area contributed by atoms with Crippen molar-refractivity contribution in [3.8, 4) is 0 Å². The van der Waals surface area contributed by atoms with Crippen LogP contribution in [0.5, 0.6) is 0 Å². The Morgan fingerprint density at radius 1 is 1.26 bits per heavy atom. The second-order valence-electron chi connectivity index (χ2n) is 6.42. The lowest BCUT2D eigenvalue weighted by atomic mass is 9.82. The van der Waals surface area contributed by atoms with E-state index in [1.165, 1.54) is 30.3 Å². The molecule has 0 bridgehead atoms. The number of carboxylic acids is 2. The first-order valence-electron chi connectivity index (χ1n) is 8.97. The summed E-state index contributed by atoms with van der Waals surface area (Å²) in [5, 5.41) is 21.5. The Morgan fingerprint density at radius 3 is 2.65 bits per heavy atom. The number of halogens is 2. The van der Waals surface area contributed by atoms with Gasteiger partial charge in [0, 0.05) is 27.6 Å². The van der Waals surface area contributed by atoms with Crippen molar-refractivity contribution in [1.82, 2.24) is 0 Å². The monoisotopic (exact) mass is 446 g/mol. The molecule has 1 aliphatic heterocycles. The minimum absolute atomic E-state index is 0.00778. The normalized spacial score (nSPS) is 17.2. The molecule has 8 nitrogen and oxygen atoms in total. The van der Waals surface area contributed by atoms with Gasteiger partial charge in [-0.1, -0.05) is 23.7 Å². The van der Waals surface area contributed by atoms with Crippen LogP contribution >= 0.6 is 11.6 Å². The zero-order valence-electron chi connectivity index (χ0n) is 16.1.